The monoisotopic (exact) mass is 236 g/mol. The van der Waals surface area contributed by atoms with E-state index in [1.54, 1.807) is 22.8 Å². The van der Waals surface area contributed by atoms with Gasteiger partial charge in [0.25, 0.3) is 0 Å². The minimum atomic E-state index is -0.935. The van der Waals surface area contributed by atoms with E-state index in [0.717, 1.165) is 16.6 Å². The van der Waals surface area contributed by atoms with Crippen LogP contribution in [0.1, 0.15) is 10.5 Å². The number of aromatic nitrogens is 1. The molecule has 1 heterocycles. The van der Waals surface area contributed by atoms with Crippen molar-refractivity contribution in [2.75, 3.05) is 0 Å². The largest absolute Gasteiger partial charge is 0.477 e. The average molecular weight is 236 g/mol. The van der Waals surface area contributed by atoms with Gasteiger partial charge in [0, 0.05) is 11.1 Å². The summed E-state index contributed by atoms with van der Waals surface area (Å²) >= 11 is 0. The number of carbonyl (C=O) groups is 1. The average Bonchev–Trinajstić information content (AvgIpc) is 2.79. The summed E-state index contributed by atoms with van der Waals surface area (Å²) in [7, 11) is 0. The van der Waals surface area contributed by atoms with E-state index in [1.807, 2.05) is 36.4 Å². The number of hydrogen-bond acceptors (Lipinski definition) is 1. The number of nitrogens with zero attached hydrogens (tertiary/aromatic N) is 1. The Morgan fingerprint density at radius 1 is 1.17 bits per heavy atom. The molecule has 0 aliphatic rings. The smallest absolute Gasteiger partial charge is 0.352 e. The first-order chi connectivity index (χ1) is 8.77. The Hall–Kier alpha value is -2.55. The van der Waals surface area contributed by atoms with Gasteiger partial charge in [-0.1, -0.05) is 30.3 Å². The van der Waals surface area contributed by atoms with Crippen molar-refractivity contribution in [2.45, 2.75) is 0 Å². The minimum Gasteiger partial charge on any atom is -0.477 e. The molecule has 1 radical (unpaired) electrons. The molecule has 0 atom stereocenters. The van der Waals surface area contributed by atoms with E-state index in [2.05, 4.69) is 6.07 Å². The molecule has 0 saturated heterocycles. The summed E-state index contributed by atoms with van der Waals surface area (Å²) in [6.07, 6.45) is 0. The molecular formula is C15H10NO2. The van der Waals surface area contributed by atoms with Crippen molar-refractivity contribution in [1.29, 1.82) is 0 Å². The Morgan fingerprint density at radius 2 is 1.94 bits per heavy atom. The zero-order valence-electron chi connectivity index (χ0n) is 9.50. The van der Waals surface area contributed by atoms with Crippen molar-refractivity contribution in [3.05, 3.63) is 66.4 Å². The first-order valence-corrected chi connectivity index (χ1v) is 5.57. The highest BCUT2D eigenvalue weighted by Crippen LogP contribution is 2.24. The van der Waals surface area contributed by atoms with E-state index >= 15 is 0 Å². The Morgan fingerprint density at radius 3 is 2.67 bits per heavy atom. The molecule has 0 aliphatic carbocycles. The van der Waals surface area contributed by atoms with E-state index in [-0.39, 0.29) is 5.69 Å². The second-order valence-corrected chi connectivity index (χ2v) is 3.99. The summed E-state index contributed by atoms with van der Waals surface area (Å²) in [6.45, 7) is 0. The van der Waals surface area contributed by atoms with Crippen LogP contribution in [0.4, 0.5) is 0 Å². The molecule has 3 nitrogen and oxygen atoms in total. The third-order valence-corrected chi connectivity index (χ3v) is 2.88. The quantitative estimate of drug-likeness (QED) is 0.742. The lowest BCUT2D eigenvalue weighted by Gasteiger charge is -2.07. The number of benzene rings is 2. The standard InChI is InChI=1S/C15H10NO2/c17-15(18)14-10-11-6-4-5-9-13(11)16(14)12-7-2-1-3-8-12/h1-4,6-10H,(H,17,18). The van der Waals surface area contributed by atoms with Gasteiger partial charge in [-0.15, -0.1) is 0 Å². The van der Waals surface area contributed by atoms with E-state index in [9.17, 15) is 9.90 Å². The molecule has 0 fully saturated rings. The van der Waals surface area contributed by atoms with Crippen LogP contribution in [0.2, 0.25) is 0 Å². The number of para-hydroxylation sites is 1. The predicted molar refractivity (Wildman–Crippen MR) is 69.1 cm³/mol. The van der Waals surface area contributed by atoms with Gasteiger partial charge in [-0.25, -0.2) is 4.79 Å². The molecule has 18 heavy (non-hydrogen) atoms. The van der Waals surface area contributed by atoms with Gasteiger partial charge in [0.05, 0.1) is 5.52 Å². The third-order valence-electron chi connectivity index (χ3n) is 2.88. The van der Waals surface area contributed by atoms with E-state index in [1.165, 1.54) is 0 Å². The summed E-state index contributed by atoms with van der Waals surface area (Å²) in [5, 5.41) is 10.2. The SMILES string of the molecule is O=C(O)c1cc2cc[c]cc2n1-c1ccccc1. The Bertz CT molecular complexity index is 714. The van der Waals surface area contributed by atoms with Crippen molar-refractivity contribution in [1.82, 2.24) is 4.57 Å². The molecule has 0 spiro atoms. The van der Waals surface area contributed by atoms with Crippen LogP contribution in [0.25, 0.3) is 16.6 Å². The molecule has 0 bridgehead atoms. The number of rotatable bonds is 2. The normalized spacial score (nSPS) is 10.7. The maximum Gasteiger partial charge on any atom is 0.352 e. The van der Waals surface area contributed by atoms with Gasteiger partial charge in [-0.05, 0) is 30.3 Å². The fraction of sp³-hybridized carbons (Fsp3) is 0. The molecule has 1 N–H and O–H groups in total. The van der Waals surface area contributed by atoms with E-state index in [4.69, 9.17) is 0 Å². The molecule has 3 heteroatoms. The van der Waals surface area contributed by atoms with Crippen LogP contribution < -0.4 is 0 Å². The van der Waals surface area contributed by atoms with Gasteiger partial charge < -0.3 is 9.67 Å². The third kappa shape index (κ3) is 1.57. The molecule has 0 saturated carbocycles. The number of aromatic carboxylic acids is 1. The van der Waals surface area contributed by atoms with Gasteiger partial charge in [-0.2, -0.15) is 0 Å². The molecule has 3 rings (SSSR count). The number of carboxylic acid groups (broad SMARTS) is 1. The van der Waals surface area contributed by atoms with Gasteiger partial charge in [-0.3, -0.25) is 0 Å². The van der Waals surface area contributed by atoms with Crippen LogP contribution in [0, 0.1) is 6.07 Å². The highest BCUT2D eigenvalue weighted by atomic mass is 16.4. The Kier molecular flexibility index (Phi) is 2.38. The number of fused-ring (bicyclic) bond motifs is 1. The molecule has 0 unspecified atom stereocenters. The Balaban J connectivity index is 2.38. The first-order valence-electron chi connectivity index (χ1n) is 5.57. The maximum atomic E-state index is 11.3. The summed E-state index contributed by atoms with van der Waals surface area (Å²) in [5.41, 5.74) is 1.95. The summed E-state index contributed by atoms with van der Waals surface area (Å²) in [5.74, 6) is -0.935. The van der Waals surface area contributed by atoms with Gasteiger partial charge in [0.2, 0.25) is 0 Å². The van der Waals surface area contributed by atoms with E-state index in [0.29, 0.717) is 0 Å². The number of carboxylic acids is 1. The van der Waals surface area contributed by atoms with Crippen molar-refractivity contribution in [3.63, 3.8) is 0 Å². The molecule has 0 aliphatic heterocycles. The highest BCUT2D eigenvalue weighted by molar-refractivity contribution is 5.96. The van der Waals surface area contributed by atoms with Gasteiger partial charge in [0.15, 0.2) is 0 Å². The summed E-state index contributed by atoms with van der Waals surface area (Å²) in [6, 6.07) is 19.6. The van der Waals surface area contributed by atoms with Gasteiger partial charge in [0.1, 0.15) is 5.69 Å². The second kappa shape index (κ2) is 4.04. The second-order valence-electron chi connectivity index (χ2n) is 3.99. The van der Waals surface area contributed by atoms with E-state index < -0.39 is 5.97 Å². The molecule has 0 amide bonds. The first kappa shape index (κ1) is 10.6. The molecule has 3 aromatic rings. The highest BCUT2D eigenvalue weighted by Gasteiger charge is 2.15. The van der Waals surface area contributed by atoms with Crippen LogP contribution >= 0.6 is 0 Å². The molecule has 87 valence electrons. The van der Waals surface area contributed by atoms with Crippen molar-refractivity contribution in [2.24, 2.45) is 0 Å². The minimum absolute atomic E-state index is 0.260. The van der Waals surface area contributed by atoms with Crippen LogP contribution in [0.15, 0.2) is 54.6 Å². The van der Waals surface area contributed by atoms with Crippen molar-refractivity contribution in [3.8, 4) is 5.69 Å². The van der Waals surface area contributed by atoms with Crippen LogP contribution in [-0.4, -0.2) is 15.6 Å². The Labute approximate surface area is 104 Å². The maximum absolute atomic E-state index is 11.3. The summed E-state index contributed by atoms with van der Waals surface area (Å²) in [4.78, 5) is 11.3. The zero-order valence-corrected chi connectivity index (χ0v) is 9.50. The lowest BCUT2D eigenvalue weighted by Crippen LogP contribution is -2.06. The fourth-order valence-electron chi connectivity index (χ4n) is 2.10. The van der Waals surface area contributed by atoms with Crippen LogP contribution in [0.3, 0.4) is 0 Å². The van der Waals surface area contributed by atoms with Crippen molar-refractivity contribution >= 4 is 16.9 Å². The lowest BCUT2D eigenvalue weighted by molar-refractivity contribution is 0.0688. The fourth-order valence-corrected chi connectivity index (χ4v) is 2.10. The predicted octanol–water partition coefficient (Wildman–Crippen LogP) is 3.13. The molecular weight excluding hydrogens is 226 g/mol. The molecule has 1 aromatic heterocycles. The van der Waals surface area contributed by atoms with Crippen molar-refractivity contribution < 1.29 is 9.90 Å². The molecule has 2 aromatic carbocycles. The van der Waals surface area contributed by atoms with Crippen LogP contribution in [-0.2, 0) is 0 Å². The zero-order chi connectivity index (χ0) is 12.5. The topological polar surface area (TPSA) is 42.2 Å². The lowest BCUT2D eigenvalue weighted by atomic mass is 10.2. The summed E-state index contributed by atoms with van der Waals surface area (Å²) < 4.78 is 1.73. The van der Waals surface area contributed by atoms with Gasteiger partial charge >= 0.3 is 5.97 Å². The number of hydrogen-bond donors (Lipinski definition) is 1. The van der Waals surface area contributed by atoms with Crippen LogP contribution in [0.5, 0.6) is 0 Å².